The molecular formula is C15H30N2O. The Hall–Kier alpha value is -0.120. The lowest BCUT2D eigenvalue weighted by molar-refractivity contribution is 0.0343. The van der Waals surface area contributed by atoms with Crippen LogP contribution in [0.15, 0.2) is 0 Å². The van der Waals surface area contributed by atoms with Gasteiger partial charge in [-0.05, 0) is 38.1 Å². The Morgan fingerprint density at radius 2 is 1.61 bits per heavy atom. The minimum Gasteiger partial charge on any atom is -0.395 e. The molecule has 3 N–H and O–H groups in total. The fourth-order valence-corrected chi connectivity index (χ4v) is 4.05. The molecule has 2 unspecified atom stereocenters. The summed E-state index contributed by atoms with van der Waals surface area (Å²) in [5.74, 6) is 0.659. The number of aliphatic hydroxyl groups is 1. The lowest BCUT2D eigenvalue weighted by atomic mass is 9.81. The molecule has 0 heterocycles. The second-order valence-electron chi connectivity index (χ2n) is 6.10. The average Bonchev–Trinajstić information content (AvgIpc) is 2.46. The van der Waals surface area contributed by atoms with Crippen LogP contribution in [0.2, 0.25) is 0 Å². The van der Waals surface area contributed by atoms with Crippen molar-refractivity contribution in [2.24, 2.45) is 11.7 Å². The third-order valence-electron chi connectivity index (χ3n) is 5.00. The smallest absolute Gasteiger partial charge is 0.0558 e. The Kier molecular flexibility index (Phi) is 5.93. The first-order valence-corrected chi connectivity index (χ1v) is 7.93. The lowest BCUT2D eigenvalue weighted by Gasteiger charge is -2.45. The Morgan fingerprint density at radius 3 is 2.28 bits per heavy atom. The Balaban J connectivity index is 2.01. The summed E-state index contributed by atoms with van der Waals surface area (Å²) in [6.45, 7) is 1.97. The molecule has 0 amide bonds. The highest BCUT2D eigenvalue weighted by Crippen LogP contribution is 2.32. The maximum Gasteiger partial charge on any atom is 0.0558 e. The van der Waals surface area contributed by atoms with Crippen LogP contribution >= 0.6 is 0 Å². The second kappa shape index (κ2) is 7.46. The van der Waals surface area contributed by atoms with Crippen LogP contribution in [0.5, 0.6) is 0 Å². The molecule has 3 nitrogen and oxygen atoms in total. The summed E-state index contributed by atoms with van der Waals surface area (Å²) in [4.78, 5) is 2.62. The zero-order valence-corrected chi connectivity index (χ0v) is 11.7. The van der Waals surface area contributed by atoms with E-state index in [1.165, 1.54) is 57.8 Å². The zero-order valence-electron chi connectivity index (χ0n) is 11.7. The van der Waals surface area contributed by atoms with Gasteiger partial charge in [-0.25, -0.2) is 0 Å². The minimum atomic E-state index is 0.296. The third-order valence-corrected chi connectivity index (χ3v) is 5.00. The molecular weight excluding hydrogens is 224 g/mol. The van der Waals surface area contributed by atoms with Crippen molar-refractivity contribution in [3.63, 3.8) is 0 Å². The van der Waals surface area contributed by atoms with Gasteiger partial charge in [-0.1, -0.05) is 32.1 Å². The van der Waals surface area contributed by atoms with Gasteiger partial charge in [0.05, 0.1) is 6.61 Å². The lowest BCUT2D eigenvalue weighted by Crippen LogP contribution is -2.51. The molecule has 106 valence electrons. The van der Waals surface area contributed by atoms with Gasteiger partial charge in [0.15, 0.2) is 0 Å². The zero-order chi connectivity index (χ0) is 12.8. The van der Waals surface area contributed by atoms with E-state index < -0.39 is 0 Å². The number of hydrogen-bond donors (Lipinski definition) is 2. The van der Waals surface area contributed by atoms with Crippen molar-refractivity contribution in [3.05, 3.63) is 0 Å². The van der Waals surface area contributed by atoms with Crippen LogP contribution in [0, 0.1) is 5.92 Å². The molecule has 0 aromatic rings. The van der Waals surface area contributed by atoms with Crippen molar-refractivity contribution in [3.8, 4) is 0 Å². The van der Waals surface area contributed by atoms with Crippen molar-refractivity contribution in [2.75, 3.05) is 19.7 Å². The van der Waals surface area contributed by atoms with Gasteiger partial charge in [-0.3, -0.25) is 4.90 Å². The molecule has 0 aliphatic heterocycles. The van der Waals surface area contributed by atoms with Gasteiger partial charge in [0, 0.05) is 18.6 Å². The molecule has 0 bridgehead atoms. The molecule has 2 fully saturated rings. The summed E-state index contributed by atoms with van der Waals surface area (Å²) in [5, 5.41) is 9.38. The van der Waals surface area contributed by atoms with Crippen molar-refractivity contribution in [2.45, 2.75) is 69.9 Å². The van der Waals surface area contributed by atoms with Gasteiger partial charge in [0.25, 0.3) is 0 Å². The van der Waals surface area contributed by atoms with Crippen LogP contribution < -0.4 is 5.73 Å². The van der Waals surface area contributed by atoms with E-state index in [0.717, 1.165) is 13.1 Å². The first-order valence-electron chi connectivity index (χ1n) is 7.93. The molecule has 2 rings (SSSR count). The highest BCUT2D eigenvalue weighted by molar-refractivity contribution is 4.88. The Bertz CT molecular complexity index is 229. The minimum absolute atomic E-state index is 0.296. The monoisotopic (exact) mass is 254 g/mol. The van der Waals surface area contributed by atoms with Crippen molar-refractivity contribution < 1.29 is 5.11 Å². The standard InChI is InChI=1S/C15H30N2O/c16-12-13-6-4-5-9-15(13)17(10-11-18)14-7-2-1-3-8-14/h13-15,18H,1-12,16H2. The predicted octanol–water partition coefficient (Wildman–Crippen LogP) is 2.13. The van der Waals surface area contributed by atoms with Crippen LogP contribution in [0.4, 0.5) is 0 Å². The molecule has 0 aromatic carbocycles. The molecule has 0 saturated heterocycles. The van der Waals surface area contributed by atoms with E-state index in [9.17, 15) is 5.11 Å². The van der Waals surface area contributed by atoms with Gasteiger partial charge in [0.2, 0.25) is 0 Å². The first kappa shape index (κ1) is 14.3. The van der Waals surface area contributed by atoms with Gasteiger partial charge < -0.3 is 10.8 Å². The highest BCUT2D eigenvalue weighted by atomic mass is 16.3. The topological polar surface area (TPSA) is 49.5 Å². The fourth-order valence-electron chi connectivity index (χ4n) is 4.05. The number of rotatable bonds is 5. The van der Waals surface area contributed by atoms with Crippen molar-refractivity contribution in [1.82, 2.24) is 4.90 Å². The van der Waals surface area contributed by atoms with Crippen molar-refractivity contribution in [1.29, 1.82) is 0 Å². The molecule has 3 heteroatoms. The number of nitrogens with zero attached hydrogens (tertiary/aromatic N) is 1. The van der Waals surface area contributed by atoms with Gasteiger partial charge >= 0.3 is 0 Å². The predicted molar refractivity (Wildman–Crippen MR) is 75.5 cm³/mol. The van der Waals surface area contributed by atoms with Crippen molar-refractivity contribution >= 4 is 0 Å². The second-order valence-corrected chi connectivity index (χ2v) is 6.10. The van der Waals surface area contributed by atoms with E-state index in [1.807, 2.05) is 0 Å². The molecule has 2 saturated carbocycles. The van der Waals surface area contributed by atoms with E-state index >= 15 is 0 Å². The van der Waals surface area contributed by atoms with Gasteiger partial charge in [-0.2, -0.15) is 0 Å². The quantitative estimate of drug-likeness (QED) is 0.790. The summed E-state index contributed by atoms with van der Waals surface area (Å²) >= 11 is 0. The normalized spacial score (nSPS) is 30.8. The van der Waals surface area contributed by atoms with Crippen LogP contribution in [-0.2, 0) is 0 Å². The number of nitrogens with two attached hydrogens (primary N) is 1. The van der Waals surface area contributed by atoms with E-state index in [1.54, 1.807) is 0 Å². The summed E-state index contributed by atoms with van der Waals surface area (Å²) in [5.41, 5.74) is 5.97. The molecule has 2 aliphatic carbocycles. The van der Waals surface area contributed by atoms with Crippen LogP contribution in [0.3, 0.4) is 0 Å². The molecule has 18 heavy (non-hydrogen) atoms. The Labute approximate surface area is 112 Å². The summed E-state index contributed by atoms with van der Waals surface area (Å²) in [7, 11) is 0. The van der Waals surface area contributed by atoms with E-state index in [4.69, 9.17) is 5.73 Å². The largest absolute Gasteiger partial charge is 0.395 e. The van der Waals surface area contributed by atoms with E-state index in [0.29, 0.717) is 24.6 Å². The average molecular weight is 254 g/mol. The molecule has 2 aliphatic rings. The van der Waals surface area contributed by atoms with E-state index in [2.05, 4.69) is 4.90 Å². The maximum absolute atomic E-state index is 9.38. The first-order chi connectivity index (χ1) is 8.86. The fraction of sp³-hybridized carbons (Fsp3) is 1.00. The number of hydrogen-bond acceptors (Lipinski definition) is 3. The molecule has 0 aromatic heterocycles. The summed E-state index contributed by atoms with van der Waals surface area (Å²) in [6, 6.07) is 1.35. The summed E-state index contributed by atoms with van der Waals surface area (Å²) in [6.07, 6.45) is 12.1. The maximum atomic E-state index is 9.38. The van der Waals surface area contributed by atoms with Crippen LogP contribution in [-0.4, -0.2) is 41.8 Å². The molecule has 2 atom stereocenters. The summed E-state index contributed by atoms with van der Waals surface area (Å²) < 4.78 is 0. The molecule has 0 spiro atoms. The van der Waals surface area contributed by atoms with E-state index in [-0.39, 0.29) is 0 Å². The van der Waals surface area contributed by atoms with Gasteiger partial charge in [0.1, 0.15) is 0 Å². The van der Waals surface area contributed by atoms with Crippen LogP contribution in [0.1, 0.15) is 57.8 Å². The molecule has 0 radical (unpaired) electrons. The Morgan fingerprint density at radius 1 is 0.944 bits per heavy atom. The highest BCUT2D eigenvalue weighted by Gasteiger charge is 2.33. The third kappa shape index (κ3) is 3.46. The number of aliphatic hydroxyl groups excluding tert-OH is 1. The van der Waals surface area contributed by atoms with Gasteiger partial charge in [-0.15, -0.1) is 0 Å². The SMILES string of the molecule is NCC1CCCCC1N(CCO)C1CCCCC1. The van der Waals surface area contributed by atoms with Crippen LogP contribution in [0.25, 0.3) is 0 Å².